The summed E-state index contributed by atoms with van der Waals surface area (Å²) in [4.78, 5) is 11.2. The zero-order valence-electron chi connectivity index (χ0n) is 20.5. The van der Waals surface area contributed by atoms with Gasteiger partial charge in [-0.25, -0.2) is 13.4 Å². The topological polar surface area (TPSA) is 94.7 Å². The van der Waals surface area contributed by atoms with Crippen LogP contribution in [0, 0.1) is 6.92 Å². The third-order valence-corrected chi connectivity index (χ3v) is 9.83. The number of aryl methyl sites for hydroxylation is 1. The number of aromatic amines is 1. The molecular weight excluding hydrogens is 496 g/mol. The predicted octanol–water partition coefficient (Wildman–Crippen LogP) is 3.06. The van der Waals surface area contributed by atoms with E-state index in [-0.39, 0.29) is 0 Å². The lowest BCUT2D eigenvalue weighted by atomic mass is 10.0. The Kier molecular flexibility index (Phi) is 6.21. The van der Waals surface area contributed by atoms with Gasteiger partial charge in [-0.05, 0) is 24.6 Å². The van der Waals surface area contributed by atoms with Gasteiger partial charge >= 0.3 is 0 Å². The molecule has 6 rings (SSSR count). The SMILES string of the molecule is Cc1c(CN2CCN(S(C)(=O)=O)CC2)sc2c(N3CCOCC3)nc(-c3cccc4[nH]ncc34)cc12. The first-order valence-electron chi connectivity index (χ1n) is 12.2. The molecule has 190 valence electrons. The number of pyridine rings is 1. The van der Waals surface area contributed by atoms with Crippen molar-refractivity contribution < 1.29 is 13.2 Å². The molecule has 4 aromatic rings. The molecule has 2 aliphatic heterocycles. The number of nitrogens with one attached hydrogen (secondary N) is 1. The van der Waals surface area contributed by atoms with E-state index in [1.54, 1.807) is 4.31 Å². The molecule has 1 N–H and O–H groups in total. The van der Waals surface area contributed by atoms with E-state index in [0.717, 1.165) is 60.7 Å². The molecular formula is C25H30N6O3S2. The molecule has 0 amide bonds. The molecule has 36 heavy (non-hydrogen) atoms. The smallest absolute Gasteiger partial charge is 0.211 e. The quantitative estimate of drug-likeness (QED) is 0.427. The Hall–Kier alpha value is -2.57. The summed E-state index contributed by atoms with van der Waals surface area (Å²) in [7, 11) is -3.13. The highest BCUT2D eigenvalue weighted by atomic mass is 32.2. The summed E-state index contributed by atoms with van der Waals surface area (Å²) in [5, 5.41) is 9.61. The minimum Gasteiger partial charge on any atom is -0.378 e. The molecule has 0 saturated carbocycles. The number of piperazine rings is 1. The van der Waals surface area contributed by atoms with Crippen molar-refractivity contribution in [2.24, 2.45) is 0 Å². The lowest BCUT2D eigenvalue weighted by molar-refractivity contribution is 0.122. The molecule has 0 unspecified atom stereocenters. The summed E-state index contributed by atoms with van der Waals surface area (Å²) in [6, 6.07) is 8.40. The van der Waals surface area contributed by atoms with Crippen molar-refractivity contribution in [3.63, 3.8) is 0 Å². The molecule has 0 aliphatic carbocycles. The number of aromatic nitrogens is 3. The Morgan fingerprint density at radius 1 is 1.08 bits per heavy atom. The van der Waals surface area contributed by atoms with E-state index >= 15 is 0 Å². The highest BCUT2D eigenvalue weighted by Crippen LogP contribution is 2.40. The maximum absolute atomic E-state index is 11.9. The summed E-state index contributed by atoms with van der Waals surface area (Å²) >= 11 is 1.82. The number of nitrogens with zero attached hydrogens (tertiary/aromatic N) is 5. The van der Waals surface area contributed by atoms with Crippen molar-refractivity contribution in [1.29, 1.82) is 0 Å². The molecule has 5 heterocycles. The molecule has 2 aliphatic rings. The third kappa shape index (κ3) is 4.39. The van der Waals surface area contributed by atoms with Crippen LogP contribution in [0.1, 0.15) is 10.4 Å². The van der Waals surface area contributed by atoms with Gasteiger partial charge in [-0.3, -0.25) is 10.00 Å². The molecule has 2 saturated heterocycles. The standard InChI is InChI=1S/C25H30N6O3S2/c1-17-19-14-22(18-4-3-5-21-20(18)15-26-28-21)27-25(30-10-12-34-13-11-30)24(19)35-23(17)16-29-6-8-31(9-7-29)36(2,32)33/h3-5,14-15H,6-13,16H2,1-2H3,(H,26,28). The minimum absolute atomic E-state index is 0.544. The van der Waals surface area contributed by atoms with Crippen LogP contribution in [0.5, 0.6) is 0 Å². The first-order valence-corrected chi connectivity index (χ1v) is 14.9. The summed E-state index contributed by atoms with van der Waals surface area (Å²) in [5.41, 5.74) is 4.29. The molecule has 0 atom stereocenters. The Balaban J connectivity index is 1.40. The Morgan fingerprint density at radius 3 is 2.61 bits per heavy atom. The van der Waals surface area contributed by atoms with Crippen LogP contribution >= 0.6 is 11.3 Å². The van der Waals surface area contributed by atoms with Crippen LogP contribution in [-0.2, 0) is 21.3 Å². The van der Waals surface area contributed by atoms with Crippen LogP contribution in [0.15, 0.2) is 30.5 Å². The number of anilines is 1. The maximum atomic E-state index is 11.9. The number of H-pyrrole nitrogens is 1. The van der Waals surface area contributed by atoms with Gasteiger partial charge in [-0.15, -0.1) is 11.3 Å². The fraction of sp³-hybridized carbons (Fsp3) is 0.440. The summed E-state index contributed by atoms with van der Waals surface area (Å²) < 4.78 is 32.2. The second-order valence-electron chi connectivity index (χ2n) is 9.53. The van der Waals surface area contributed by atoms with Gasteiger partial charge in [0.05, 0.1) is 41.6 Å². The van der Waals surface area contributed by atoms with E-state index in [4.69, 9.17) is 9.72 Å². The zero-order valence-corrected chi connectivity index (χ0v) is 22.2. The number of ether oxygens (including phenoxy) is 1. The van der Waals surface area contributed by atoms with Gasteiger partial charge in [-0.2, -0.15) is 9.40 Å². The predicted molar refractivity (Wildman–Crippen MR) is 144 cm³/mol. The van der Waals surface area contributed by atoms with Gasteiger partial charge in [-0.1, -0.05) is 12.1 Å². The fourth-order valence-electron chi connectivity index (χ4n) is 5.14. The fourth-order valence-corrected chi connectivity index (χ4v) is 7.31. The molecule has 0 radical (unpaired) electrons. The van der Waals surface area contributed by atoms with Crippen molar-refractivity contribution in [2.75, 3.05) is 63.6 Å². The van der Waals surface area contributed by atoms with E-state index in [9.17, 15) is 8.42 Å². The van der Waals surface area contributed by atoms with Crippen molar-refractivity contribution in [3.8, 4) is 11.3 Å². The highest BCUT2D eigenvalue weighted by molar-refractivity contribution is 7.88. The minimum atomic E-state index is -3.13. The first-order chi connectivity index (χ1) is 17.4. The van der Waals surface area contributed by atoms with Gasteiger partial charge in [0.25, 0.3) is 0 Å². The lowest BCUT2D eigenvalue weighted by Gasteiger charge is -2.33. The number of hydrogen-bond donors (Lipinski definition) is 1. The Bertz CT molecular complexity index is 1520. The summed E-state index contributed by atoms with van der Waals surface area (Å²) in [6.45, 7) is 8.63. The van der Waals surface area contributed by atoms with E-state index in [0.29, 0.717) is 26.3 Å². The molecule has 2 fully saturated rings. The van der Waals surface area contributed by atoms with Crippen LogP contribution < -0.4 is 4.90 Å². The number of fused-ring (bicyclic) bond motifs is 2. The molecule has 0 spiro atoms. The Labute approximate surface area is 214 Å². The second kappa shape index (κ2) is 9.38. The second-order valence-corrected chi connectivity index (χ2v) is 12.6. The lowest BCUT2D eigenvalue weighted by Crippen LogP contribution is -2.47. The van der Waals surface area contributed by atoms with Gasteiger partial charge in [0.1, 0.15) is 5.82 Å². The highest BCUT2D eigenvalue weighted by Gasteiger charge is 2.26. The number of hydrogen-bond acceptors (Lipinski definition) is 8. The van der Waals surface area contributed by atoms with Gasteiger partial charge in [0, 0.05) is 67.0 Å². The van der Waals surface area contributed by atoms with Crippen LogP contribution in [-0.4, -0.2) is 91.5 Å². The summed E-state index contributed by atoms with van der Waals surface area (Å²) in [6.07, 6.45) is 3.16. The first kappa shape index (κ1) is 23.8. The molecule has 11 heteroatoms. The van der Waals surface area contributed by atoms with E-state index < -0.39 is 10.0 Å². The Morgan fingerprint density at radius 2 is 1.86 bits per heavy atom. The largest absolute Gasteiger partial charge is 0.378 e. The molecule has 1 aromatic carbocycles. The number of benzene rings is 1. The molecule has 9 nitrogen and oxygen atoms in total. The van der Waals surface area contributed by atoms with Gasteiger partial charge < -0.3 is 9.64 Å². The van der Waals surface area contributed by atoms with Crippen molar-refractivity contribution in [1.82, 2.24) is 24.4 Å². The monoisotopic (exact) mass is 526 g/mol. The maximum Gasteiger partial charge on any atom is 0.211 e. The molecule has 3 aromatic heterocycles. The average molecular weight is 527 g/mol. The normalized spacial score (nSPS) is 18.4. The van der Waals surface area contributed by atoms with E-state index in [1.807, 2.05) is 29.7 Å². The van der Waals surface area contributed by atoms with Crippen LogP contribution in [0.4, 0.5) is 5.82 Å². The van der Waals surface area contributed by atoms with Crippen molar-refractivity contribution in [2.45, 2.75) is 13.5 Å². The zero-order chi connectivity index (χ0) is 24.9. The number of sulfonamides is 1. The average Bonchev–Trinajstić information content (AvgIpc) is 3.49. The van der Waals surface area contributed by atoms with E-state index in [2.05, 4.69) is 39.1 Å². The van der Waals surface area contributed by atoms with Gasteiger partial charge in [0.2, 0.25) is 10.0 Å². The summed E-state index contributed by atoms with van der Waals surface area (Å²) in [5.74, 6) is 1.02. The van der Waals surface area contributed by atoms with Crippen molar-refractivity contribution in [3.05, 3.63) is 40.9 Å². The molecule has 0 bridgehead atoms. The van der Waals surface area contributed by atoms with E-state index in [1.165, 1.54) is 26.8 Å². The third-order valence-electron chi connectivity index (χ3n) is 7.24. The number of thiophene rings is 1. The van der Waals surface area contributed by atoms with Crippen LogP contribution in [0.25, 0.3) is 32.2 Å². The van der Waals surface area contributed by atoms with Crippen LogP contribution in [0.3, 0.4) is 0 Å². The van der Waals surface area contributed by atoms with Crippen molar-refractivity contribution >= 4 is 48.2 Å². The number of rotatable bonds is 5. The van der Waals surface area contributed by atoms with Gasteiger partial charge in [0.15, 0.2) is 0 Å². The van der Waals surface area contributed by atoms with Crippen LogP contribution in [0.2, 0.25) is 0 Å². The number of morpholine rings is 1.